The van der Waals surface area contributed by atoms with Crippen LogP contribution in [0.5, 0.6) is 5.75 Å². The van der Waals surface area contributed by atoms with Crippen molar-refractivity contribution in [2.45, 2.75) is 17.7 Å². The minimum absolute atomic E-state index is 0.0614. The molecule has 1 aromatic carbocycles. The van der Waals surface area contributed by atoms with Crippen LogP contribution in [0.25, 0.3) is 0 Å². The van der Waals surface area contributed by atoms with E-state index in [9.17, 15) is 12.8 Å². The first-order valence-corrected chi connectivity index (χ1v) is 7.94. The molecule has 0 spiro atoms. The number of hydrogen-bond donors (Lipinski definition) is 1. The number of sulfonamides is 1. The van der Waals surface area contributed by atoms with Crippen LogP contribution in [0.1, 0.15) is 12.0 Å². The van der Waals surface area contributed by atoms with Gasteiger partial charge >= 0.3 is 0 Å². The number of anilines is 1. The third-order valence-corrected chi connectivity index (χ3v) is 4.50. The van der Waals surface area contributed by atoms with Crippen molar-refractivity contribution < 1.29 is 17.5 Å². The van der Waals surface area contributed by atoms with Crippen molar-refractivity contribution in [3.63, 3.8) is 0 Å². The van der Waals surface area contributed by atoms with E-state index < -0.39 is 16.0 Å². The van der Waals surface area contributed by atoms with Gasteiger partial charge in [0.2, 0.25) is 5.95 Å². The Hall–Kier alpha value is -2.15. The second-order valence-corrected chi connectivity index (χ2v) is 6.35. The molecule has 0 aliphatic carbocycles. The van der Waals surface area contributed by atoms with Crippen LogP contribution < -0.4 is 9.46 Å². The van der Waals surface area contributed by atoms with Crippen molar-refractivity contribution in [3.8, 4) is 5.75 Å². The second kappa shape index (κ2) is 5.33. The zero-order valence-corrected chi connectivity index (χ0v) is 11.9. The molecule has 0 fully saturated rings. The lowest BCUT2D eigenvalue weighted by Crippen LogP contribution is -2.15. The van der Waals surface area contributed by atoms with Gasteiger partial charge in [-0.2, -0.15) is 4.39 Å². The molecule has 7 heteroatoms. The Morgan fingerprint density at radius 2 is 2.10 bits per heavy atom. The predicted molar refractivity (Wildman–Crippen MR) is 75.3 cm³/mol. The molecular weight excluding hydrogens is 295 g/mol. The number of fused-ring (bicyclic) bond motifs is 1. The summed E-state index contributed by atoms with van der Waals surface area (Å²) in [5.41, 5.74) is 0.990. The summed E-state index contributed by atoms with van der Waals surface area (Å²) in [6.07, 6.45) is 1.79. The molecule has 1 aliphatic heterocycles. The second-order valence-electron chi connectivity index (χ2n) is 4.67. The van der Waals surface area contributed by atoms with E-state index in [0.29, 0.717) is 12.4 Å². The monoisotopic (exact) mass is 308 g/mol. The van der Waals surface area contributed by atoms with Crippen molar-refractivity contribution in [2.24, 2.45) is 0 Å². The van der Waals surface area contributed by atoms with Gasteiger partial charge in [-0.05, 0) is 36.6 Å². The first-order chi connectivity index (χ1) is 10.0. The minimum Gasteiger partial charge on any atom is -0.493 e. The van der Waals surface area contributed by atoms with Gasteiger partial charge in [-0.3, -0.25) is 4.72 Å². The number of halogens is 1. The first kappa shape index (κ1) is 13.8. The molecule has 2 heterocycles. The molecule has 0 radical (unpaired) electrons. The lowest BCUT2D eigenvalue weighted by Gasteiger charge is -2.18. The Labute approximate surface area is 121 Å². The van der Waals surface area contributed by atoms with Crippen LogP contribution >= 0.6 is 0 Å². The Bertz CT molecular complexity index is 778. The molecule has 0 amide bonds. The molecular formula is C14H13FN2O3S. The number of pyridine rings is 1. The number of aryl methyl sites for hydroxylation is 1. The maximum atomic E-state index is 13.0. The molecule has 0 bridgehead atoms. The van der Waals surface area contributed by atoms with Crippen LogP contribution in [-0.2, 0) is 16.4 Å². The van der Waals surface area contributed by atoms with Gasteiger partial charge in [0.05, 0.1) is 11.5 Å². The molecule has 3 rings (SSSR count). The van der Waals surface area contributed by atoms with Gasteiger partial charge in [-0.15, -0.1) is 0 Å². The highest BCUT2D eigenvalue weighted by Crippen LogP contribution is 2.28. The van der Waals surface area contributed by atoms with E-state index in [4.69, 9.17) is 4.74 Å². The Balaban J connectivity index is 1.91. The SMILES string of the molecule is O=S(=O)(Nc1cccc(F)n1)c1ccc2c(c1)OCCC2. The predicted octanol–water partition coefficient (Wildman–Crippen LogP) is 2.35. The Morgan fingerprint density at radius 3 is 2.90 bits per heavy atom. The highest BCUT2D eigenvalue weighted by molar-refractivity contribution is 7.92. The van der Waals surface area contributed by atoms with Crippen molar-refractivity contribution >= 4 is 15.8 Å². The fourth-order valence-electron chi connectivity index (χ4n) is 2.15. The van der Waals surface area contributed by atoms with E-state index in [2.05, 4.69) is 9.71 Å². The summed E-state index contributed by atoms with van der Waals surface area (Å²) in [6, 6.07) is 8.64. The van der Waals surface area contributed by atoms with Crippen molar-refractivity contribution in [2.75, 3.05) is 11.3 Å². The van der Waals surface area contributed by atoms with E-state index in [1.54, 1.807) is 6.07 Å². The number of aromatic nitrogens is 1. The number of rotatable bonds is 3. The summed E-state index contributed by atoms with van der Waals surface area (Å²) in [5, 5.41) is 0. The normalized spacial score (nSPS) is 14.1. The van der Waals surface area contributed by atoms with Crippen molar-refractivity contribution in [1.29, 1.82) is 0 Å². The largest absolute Gasteiger partial charge is 0.493 e. The van der Waals surface area contributed by atoms with Gasteiger partial charge in [0.15, 0.2) is 0 Å². The van der Waals surface area contributed by atoms with Crippen molar-refractivity contribution in [3.05, 3.63) is 47.9 Å². The maximum Gasteiger partial charge on any atom is 0.263 e. The standard InChI is InChI=1S/C14H13FN2O3S/c15-13-4-1-5-14(16-13)17-21(18,19)11-7-6-10-3-2-8-20-12(10)9-11/h1,4-7,9H,2-3,8H2,(H,16,17). The van der Waals surface area contributed by atoms with E-state index in [0.717, 1.165) is 24.5 Å². The summed E-state index contributed by atoms with van der Waals surface area (Å²) in [5.74, 6) is -0.228. The lowest BCUT2D eigenvalue weighted by atomic mass is 10.1. The number of ether oxygens (including phenoxy) is 1. The van der Waals surface area contributed by atoms with Crippen LogP contribution in [0.3, 0.4) is 0 Å². The summed E-state index contributed by atoms with van der Waals surface area (Å²) >= 11 is 0. The molecule has 0 atom stereocenters. The molecule has 1 N–H and O–H groups in total. The third-order valence-electron chi connectivity index (χ3n) is 3.15. The van der Waals surface area contributed by atoms with Gasteiger partial charge in [0.1, 0.15) is 11.6 Å². The van der Waals surface area contributed by atoms with E-state index in [1.165, 1.54) is 24.3 Å². The topological polar surface area (TPSA) is 68.3 Å². The summed E-state index contributed by atoms with van der Waals surface area (Å²) in [6.45, 7) is 0.579. The van der Waals surface area contributed by atoms with E-state index in [1.807, 2.05) is 0 Å². The third kappa shape index (κ3) is 2.97. The number of nitrogens with one attached hydrogen (secondary N) is 1. The van der Waals surface area contributed by atoms with Crippen molar-refractivity contribution in [1.82, 2.24) is 4.98 Å². The Morgan fingerprint density at radius 1 is 1.24 bits per heavy atom. The number of hydrogen-bond acceptors (Lipinski definition) is 4. The molecule has 0 unspecified atom stereocenters. The molecule has 5 nitrogen and oxygen atoms in total. The fraction of sp³-hybridized carbons (Fsp3) is 0.214. The zero-order chi connectivity index (χ0) is 14.9. The number of benzene rings is 1. The van der Waals surface area contributed by atoms with Gasteiger partial charge in [0.25, 0.3) is 10.0 Å². The summed E-state index contributed by atoms with van der Waals surface area (Å²) in [4.78, 5) is 3.55. The van der Waals surface area contributed by atoms with Gasteiger partial charge in [-0.25, -0.2) is 13.4 Å². The molecule has 21 heavy (non-hydrogen) atoms. The maximum absolute atomic E-state index is 13.0. The van der Waals surface area contributed by atoms with Crippen LogP contribution in [0, 0.1) is 5.95 Å². The van der Waals surface area contributed by atoms with Gasteiger partial charge < -0.3 is 4.74 Å². The first-order valence-electron chi connectivity index (χ1n) is 6.46. The quantitative estimate of drug-likeness (QED) is 0.884. The highest BCUT2D eigenvalue weighted by atomic mass is 32.2. The highest BCUT2D eigenvalue weighted by Gasteiger charge is 2.19. The minimum atomic E-state index is -3.82. The molecule has 0 saturated heterocycles. The molecule has 1 aliphatic rings. The van der Waals surface area contributed by atoms with Gasteiger partial charge in [0, 0.05) is 6.07 Å². The lowest BCUT2D eigenvalue weighted by molar-refractivity contribution is 0.287. The summed E-state index contributed by atoms with van der Waals surface area (Å²) < 4.78 is 45.3. The van der Waals surface area contributed by atoms with E-state index in [-0.39, 0.29) is 10.7 Å². The van der Waals surface area contributed by atoms with Crippen LogP contribution in [-0.4, -0.2) is 20.0 Å². The molecule has 110 valence electrons. The molecule has 2 aromatic rings. The number of nitrogens with zero attached hydrogens (tertiary/aromatic N) is 1. The van der Waals surface area contributed by atoms with Gasteiger partial charge in [-0.1, -0.05) is 12.1 Å². The smallest absolute Gasteiger partial charge is 0.263 e. The average molecular weight is 308 g/mol. The Kier molecular flexibility index (Phi) is 3.50. The summed E-state index contributed by atoms with van der Waals surface area (Å²) in [7, 11) is -3.82. The molecule has 1 aromatic heterocycles. The van der Waals surface area contributed by atoms with Crippen LogP contribution in [0.4, 0.5) is 10.2 Å². The molecule has 0 saturated carbocycles. The van der Waals surface area contributed by atoms with E-state index >= 15 is 0 Å². The van der Waals surface area contributed by atoms with Crippen LogP contribution in [0.15, 0.2) is 41.3 Å². The average Bonchev–Trinajstić information content (AvgIpc) is 2.46. The zero-order valence-electron chi connectivity index (χ0n) is 11.0. The fourth-order valence-corrected chi connectivity index (χ4v) is 3.17. The van der Waals surface area contributed by atoms with Crippen LogP contribution in [0.2, 0.25) is 0 Å².